The van der Waals surface area contributed by atoms with E-state index in [-0.39, 0.29) is 23.0 Å². The first-order chi connectivity index (χ1) is 19.1. The monoisotopic (exact) mass is 585 g/mol. The number of nitrogens with one attached hydrogen (secondary N) is 1. The number of methoxy groups -OCH3 is 1. The van der Waals surface area contributed by atoms with Crippen LogP contribution in [0.25, 0.3) is 0 Å². The number of ether oxygens (including phenoxy) is 1. The molecule has 0 aliphatic heterocycles. The van der Waals surface area contributed by atoms with Gasteiger partial charge in [-0.2, -0.15) is 0 Å². The molecule has 8 nitrogen and oxygen atoms in total. The number of carbonyl (C=O) groups excluding carboxylic acids is 2. The van der Waals surface area contributed by atoms with Crippen LogP contribution in [-0.2, 0) is 26.2 Å². The first kappa shape index (κ1) is 31.0. The first-order valence-electron chi connectivity index (χ1n) is 13.2. The normalized spacial score (nSPS) is 11.9. The number of amides is 2. The Bertz CT molecular complexity index is 1400. The molecule has 0 fully saturated rings. The van der Waals surface area contributed by atoms with Gasteiger partial charge in [0.05, 0.1) is 17.7 Å². The predicted octanol–water partition coefficient (Wildman–Crippen LogP) is 5.19. The van der Waals surface area contributed by atoms with Crippen molar-refractivity contribution in [2.24, 2.45) is 0 Å². The van der Waals surface area contributed by atoms with Crippen LogP contribution in [0.2, 0.25) is 5.02 Å². The molecule has 0 radical (unpaired) electrons. The Balaban J connectivity index is 2.05. The highest BCUT2D eigenvalue weighted by Crippen LogP contribution is 2.28. The zero-order chi connectivity index (χ0) is 29.3. The lowest BCUT2D eigenvalue weighted by molar-refractivity contribution is -0.140. The van der Waals surface area contributed by atoms with E-state index in [9.17, 15) is 18.0 Å². The van der Waals surface area contributed by atoms with E-state index >= 15 is 0 Å². The Labute approximate surface area is 241 Å². The minimum absolute atomic E-state index is 0.0149. The van der Waals surface area contributed by atoms with Crippen LogP contribution in [0.4, 0.5) is 5.69 Å². The molecular weight excluding hydrogens is 550 g/mol. The molecule has 0 unspecified atom stereocenters. The third-order valence-electron chi connectivity index (χ3n) is 6.43. The standard InChI is InChI=1S/C30H36ClN3O5S/c1-5-18-32-30(36)28(6-2)33(20-23-12-10-22(3)11-13-23)29(35)21-34(25-9-7-8-24(31)19-25)40(37,38)27-16-14-26(39-4)15-17-27/h7-17,19,28H,5-6,18,20-21H2,1-4H3,(H,32,36)/t28-/m1/s1. The summed E-state index contributed by atoms with van der Waals surface area (Å²) in [5, 5.41) is 3.20. The molecule has 0 spiro atoms. The topological polar surface area (TPSA) is 96.0 Å². The Morgan fingerprint density at radius 2 is 1.68 bits per heavy atom. The summed E-state index contributed by atoms with van der Waals surface area (Å²) < 4.78 is 34.0. The minimum Gasteiger partial charge on any atom is -0.497 e. The zero-order valence-electron chi connectivity index (χ0n) is 23.3. The summed E-state index contributed by atoms with van der Waals surface area (Å²) in [6.45, 7) is 5.83. The third-order valence-corrected chi connectivity index (χ3v) is 8.45. The molecule has 3 aromatic carbocycles. The van der Waals surface area contributed by atoms with E-state index < -0.39 is 28.5 Å². The van der Waals surface area contributed by atoms with Crippen molar-refractivity contribution in [3.63, 3.8) is 0 Å². The maximum atomic E-state index is 14.0. The highest BCUT2D eigenvalue weighted by Gasteiger charge is 2.33. The molecule has 0 heterocycles. The molecule has 40 heavy (non-hydrogen) atoms. The van der Waals surface area contributed by atoms with Crippen LogP contribution in [0.5, 0.6) is 5.75 Å². The van der Waals surface area contributed by atoms with Gasteiger partial charge in [0.1, 0.15) is 18.3 Å². The van der Waals surface area contributed by atoms with Gasteiger partial charge in [-0.25, -0.2) is 8.42 Å². The van der Waals surface area contributed by atoms with Gasteiger partial charge in [-0.3, -0.25) is 13.9 Å². The second kappa shape index (κ2) is 14.2. The van der Waals surface area contributed by atoms with Crippen LogP contribution in [0.3, 0.4) is 0 Å². The van der Waals surface area contributed by atoms with Crippen molar-refractivity contribution in [3.8, 4) is 5.75 Å². The summed E-state index contributed by atoms with van der Waals surface area (Å²) in [4.78, 5) is 28.6. The summed E-state index contributed by atoms with van der Waals surface area (Å²) in [6, 6.07) is 19.1. The second-order valence-electron chi connectivity index (χ2n) is 9.39. The molecule has 3 aromatic rings. The molecule has 0 bridgehead atoms. The maximum absolute atomic E-state index is 14.0. The van der Waals surface area contributed by atoms with Gasteiger partial charge in [-0.05, 0) is 67.8 Å². The van der Waals surface area contributed by atoms with Crippen LogP contribution < -0.4 is 14.4 Å². The number of benzene rings is 3. The fraction of sp³-hybridized carbons (Fsp3) is 0.333. The number of sulfonamides is 1. The summed E-state index contributed by atoms with van der Waals surface area (Å²) >= 11 is 6.22. The van der Waals surface area contributed by atoms with E-state index in [4.69, 9.17) is 16.3 Å². The van der Waals surface area contributed by atoms with Crippen LogP contribution in [0.1, 0.15) is 37.8 Å². The van der Waals surface area contributed by atoms with E-state index in [0.717, 1.165) is 21.9 Å². The van der Waals surface area contributed by atoms with Crippen molar-refractivity contribution >= 4 is 39.1 Å². The molecular formula is C30H36ClN3O5S. The fourth-order valence-corrected chi connectivity index (χ4v) is 5.80. The van der Waals surface area contributed by atoms with Crippen LogP contribution >= 0.6 is 11.6 Å². The number of hydrogen-bond acceptors (Lipinski definition) is 5. The van der Waals surface area contributed by atoms with Gasteiger partial charge in [0.2, 0.25) is 11.8 Å². The fourth-order valence-electron chi connectivity index (χ4n) is 4.21. The average molecular weight is 586 g/mol. The number of aryl methyl sites for hydroxylation is 1. The van der Waals surface area contributed by atoms with Gasteiger partial charge in [0.25, 0.3) is 10.0 Å². The average Bonchev–Trinajstić information content (AvgIpc) is 2.95. The van der Waals surface area contributed by atoms with Gasteiger partial charge >= 0.3 is 0 Å². The van der Waals surface area contributed by atoms with E-state index in [1.807, 2.05) is 45.0 Å². The molecule has 0 aliphatic carbocycles. The lowest BCUT2D eigenvalue weighted by Crippen LogP contribution is -2.52. The molecule has 214 valence electrons. The van der Waals surface area contributed by atoms with Crippen LogP contribution in [0.15, 0.2) is 77.7 Å². The Hall–Kier alpha value is -3.56. The number of rotatable bonds is 13. The highest BCUT2D eigenvalue weighted by molar-refractivity contribution is 7.92. The number of nitrogens with zero attached hydrogens (tertiary/aromatic N) is 2. The van der Waals surface area contributed by atoms with Crippen LogP contribution in [-0.4, -0.2) is 51.4 Å². The second-order valence-corrected chi connectivity index (χ2v) is 11.7. The smallest absolute Gasteiger partial charge is 0.264 e. The summed E-state index contributed by atoms with van der Waals surface area (Å²) in [7, 11) is -2.71. The van der Waals surface area contributed by atoms with Crippen molar-refractivity contribution < 1.29 is 22.7 Å². The quantitative estimate of drug-likeness (QED) is 0.298. The van der Waals surface area contributed by atoms with Crippen molar-refractivity contribution in [2.75, 3.05) is 24.5 Å². The molecule has 3 rings (SSSR count). The predicted molar refractivity (Wildman–Crippen MR) is 158 cm³/mol. The van der Waals surface area contributed by atoms with E-state index in [2.05, 4.69) is 5.32 Å². The molecule has 0 aromatic heterocycles. The van der Waals surface area contributed by atoms with Crippen molar-refractivity contribution in [3.05, 3.63) is 88.9 Å². The summed E-state index contributed by atoms with van der Waals surface area (Å²) in [5.74, 6) is -0.300. The molecule has 1 N–H and O–H groups in total. The molecule has 0 saturated heterocycles. The minimum atomic E-state index is -4.20. The maximum Gasteiger partial charge on any atom is 0.264 e. The molecule has 0 aliphatic rings. The molecule has 1 atom stereocenters. The van der Waals surface area contributed by atoms with Crippen molar-refractivity contribution in [2.45, 2.75) is 51.1 Å². The zero-order valence-corrected chi connectivity index (χ0v) is 24.8. The molecule has 2 amide bonds. The van der Waals surface area contributed by atoms with Crippen molar-refractivity contribution in [1.82, 2.24) is 10.2 Å². The first-order valence-corrected chi connectivity index (χ1v) is 15.0. The van der Waals surface area contributed by atoms with Gasteiger partial charge in [-0.1, -0.05) is 61.3 Å². The Morgan fingerprint density at radius 1 is 1.00 bits per heavy atom. The Kier molecular flexibility index (Phi) is 11.0. The number of hydrogen-bond donors (Lipinski definition) is 1. The largest absolute Gasteiger partial charge is 0.497 e. The third kappa shape index (κ3) is 7.76. The summed E-state index contributed by atoms with van der Waals surface area (Å²) in [6.07, 6.45) is 1.10. The molecule has 10 heteroatoms. The summed E-state index contributed by atoms with van der Waals surface area (Å²) in [5.41, 5.74) is 2.12. The number of halogens is 1. The van der Waals surface area contributed by atoms with E-state index in [1.54, 1.807) is 30.3 Å². The van der Waals surface area contributed by atoms with Gasteiger partial charge in [0.15, 0.2) is 0 Å². The number of carbonyl (C=O) groups is 2. The molecule has 0 saturated carbocycles. The Morgan fingerprint density at radius 3 is 2.25 bits per heavy atom. The van der Waals surface area contributed by atoms with Gasteiger partial charge in [-0.15, -0.1) is 0 Å². The number of anilines is 1. The van der Waals surface area contributed by atoms with Gasteiger partial charge in [0, 0.05) is 18.1 Å². The lowest BCUT2D eigenvalue weighted by Gasteiger charge is -2.33. The van der Waals surface area contributed by atoms with Crippen molar-refractivity contribution in [1.29, 1.82) is 0 Å². The lowest BCUT2D eigenvalue weighted by atomic mass is 10.1. The van der Waals surface area contributed by atoms with E-state index in [1.165, 1.54) is 30.2 Å². The van der Waals surface area contributed by atoms with Gasteiger partial charge < -0.3 is 15.0 Å². The van der Waals surface area contributed by atoms with E-state index in [0.29, 0.717) is 23.7 Å². The van der Waals surface area contributed by atoms with Crippen LogP contribution in [0, 0.1) is 6.92 Å². The highest BCUT2D eigenvalue weighted by atomic mass is 35.5. The SMILES string of the molecule is CCCNC(=O)[C@@H](CC)N(Cc1ccc(C)cc1)C(=O)CN(c1cccc(Cl)c1)S(=O)(=O)c1ccc(OC)cc1.